The summed E-state index contributed by atoms with van der Waals surface area (Å²) < 4.78 is 25.7. The topological polar surface area (TPSA) is 167 Å². The molecule has 14 nitrogen and oxygen atoms in total. The van der Waals surface area contributed by atoms with Gasteiger partial charge in [0.1, 0.15) is 12.1 Å². The van der Waals surface area contributed by atoms with Crippen molar-refractivity contribution in [3.63, 3.8) is 0 Å². The lowest BCUT2D eigenvalue weighted by Crippen LogP contribution is -2.11. The molecule has 0 atom stereocenters. The van der Waals surface area contributed by atoms with Crippen LogP contribution in [-0.4, -0.2) is 64.6 Å². The average Bonchev–Trinajstić information content (AvgIpc) is 1.59. The molecule has 3 saturated carbocycles. The predicted octanol–water partition coefficient (Wildman–Crippen LogP) is 19.8. The van der Waals surface area contributed by atoms with Crippen LogP contribution in [0.15, 0.2) is 128 Å². The fraction of sp³-hybridized carbons (Fsp3) is 0.354. The van der Waals surface area contributed by atoms with Gasteiger partial charge in [-0.25, -0.2) is 14.4 Å². The molecule has 97 heavy (non-hydrogen) atoms. The summed E-state index contributed by atoms with van der Waals surface area (Å²) in [5.41, 5.74) is 21.8. The monoisotopic (exact) mass is 1400 g/mol. The number of aromatic carboxylic acids is 1. The van der Waals surface area contributed by atoms with Crippen molar-refractivity contribution in [3.05, 3.63) is 176 Å². The minimum Gasteiger partial charge on any atom is -0.478 e. The largest absolute Gasteiger partial charge is 0.478 e. The van der Waals surface area contributed by atoms with E-state index in [1.165, 1.54) is 192 Å². The van der Waals surface area contributed by atoms with Gasteiger partial charge in [-0.1, -0.05) is 131 Å². The fourth-order valence-corrected chi connectivity index (χ4v) is 19.0. The lowest BCUT2D eigenvalue weighted by molar-refractivity contribution is 0.0592. The number of aromatic nitrogens is 6. The second-order valence-corrected chi connectivity index (χ2v) is 28.9. The number of hydrogen-bond acceptors (Lipinski definition) is 7. The maximum Gasteiger partial charge on any atom is 0.337 e. The summed E-state index contributed by atoms with van der Waals surface area (Å²) in [6.07, 6.45) is 28.1. The van der Waals surface area contributed by atoms with Crippen LogP contribution in [0.5, 0.6) is 0 Å². The van der Waals surface area contributed by atoms with Gasteiger partial charge in [0.25, 0.3) is 0 Å². The quantitative estimate of drug-likeness (QED) is 0.127. The van der Waals surface area contributed by atoms with Gasteiger partial charge in [-0.15, -0.1) is 0 Å². The summed E-state index contributed by atoms with van der Waals surface area (Å²) in [5, 5.41) is 36.2. The Morgan fingerprint density at radius 1 is 0.423 bits per heavy atom. The second-order valence-electron chi connectivity index (χ2n) is 27.8. The number of carbonyl (C=O) groups is 3. The number of methoxy groups -OCH3 is 2. The highest BCUT2D eigenvalue weighted by molar-refractivity contribution is 14.1. The van der Waals surface area contributed by atoms with Crippen molar-refractivity contribution in [2.75, 3.05) is 14.2 Å². The van der Waals surface area contributed by atoms with E-state index in [-0.39, 0.29) is 11.9 Å². The molecule has 0 radical (unpaired) electrons. The molecule has 1 N–H and O–H groups in total. The van der Waals surface area contributed by atoms with Crippen LogP contribution in [0.1, 0.15) is 192 Å². The van der Waals surface area contributed by atoms with E-state index in [4.69, 9.17) is 9.47 Å². The van der Waals surface area contributed by atoms with E-state index in [0.29, 0.717) is 34.4 Å². The SMILES string of the molecule is COC(=O)c1ccc2c(C3CCCCC3)c3n(c2c1)CCCn1cc(C#N)c2cccc-3c21.COC(=O)c1ccc2c(C3CCCCC3)c3n(c2c1)CCCn1cc(I)c2cccc-3c21.N#Cc1cn2c3c(cccc13)-c1c(C3CCCCC3)c3ccc(C(=O)O)cc3n1CCC2. The molecule has 0 unspecified atom stereocenters. The van der Waals surface area contributed by atoms with E-state index >= 15 is 0 Å². The number of nitrogens with zero attached hydrogens (tertiary/aromatic N) is 8. The van der Waals surface area contributed by atoms with Crippen molar-refractivity contribution in [2.45, 2.75) is 173 Å². The molecule has 3 fully saturated rings. The summed E-state index contributed by atoms with van der Waals surface area (Å²) >= 11 is 2.47. The van der Waals surface area contributed by atoms with E-state index < -0.39 is 5.97 Å². The zero-order valence-corrected chi connectivity index (χ0v) is 57.4. The van der Waals surface area contributed by atoms with E-state index in [9.17, 15) is 30.0 Å². The first-order valence-corrected chi connectivity index (χ1v) is 36.3. The van der Waals surface area contributed by atoms with Gasteiger partial charge in [0.2, 0.25) is 0 Å². The van der Waals surface area contributed by atoms with Crippen LogP contribution in [0.4, 0.5) is 0 Å². The molecule has 9 heterocycles. The number of hydrogen-bond donors (Lipinski definition) is 1. The van der Waals surface area contributed by atoms with Gasteiger partial charge in [0, 0.05) is 127 Å². The molecule has 12 aromatic rings. The Labute approximate surface area is 577 Å². The number of carboxylic acids is 1. The highest BCUT2D eigenvalue weighted by atomic mass is 127. The van der Waals surface area contributed by atoms with Crippen molar-refractivity contribution < 1.29 is 29.0 Å². The van der Waals surface area contributed by atoms with Crippen LogP contribution in [-0.2, 0) is 48.7 Å². The number of esters is 2. The molecular formula is C82H79IN8O6. The van der Waals surface area contributed by atoms with E-state index in [0.717, 1.165) is 108 Å². The van der Waals surface area contributed by atoms with Crippen LogP contribution >= 0.6 is 22.6 Å². The number of benzene rings is 6. The van der Waals surface area contributed by atoms with Crippen LogP contribution in [0.3, 0.4) is 0 Å². The third-order valence-electron chi connectivity index (χ3n) is 22.4. The molecular weight excluding hydrogens is 1320 g/mol. The second kappa shape index (κ2) is 25.9. The van der Waals surface area contributed by atoms with Crippen molar-refractivity contribution >= 4 is 106 Å². The fourth-order valence-electron chi connectivity index (χ4n) is 18.2. The summed E-state index contributed by atoms with van der Waals surface area (Å²) in [7, 11) is 2.89. The Morgan fingerprint density at radius 3 is 1.12 bits per heavy atom. The normalized spacial score (nSPS) is 16.5. The Hall–Kier alpha value is -9.32. The summed E-state index contributed by atoms with van der Waals surface area (Å²) in [6.45, 7) is 5.37. The molecule has 0 amide bonds. The molecule has 3 aliphatic heterocycles. The average molecular weight is 1400 g/mol. The third-order valence-corrected chi connectivity index (χ3v) is 23.3. The van der Waals surface area contributed by atoms with Gasteiger partial charge in [0.05, 0.1) is 75.7 Å². The van der Waals surface area contributed by atoms with Crippen LogP contribution in [0.25, 0.3) is 99.2 Å². The van der Waals surface area contributed by atoms with Crippen LogP contribution in [0.2, 0.25) is 0 Å². The zero-order chi connectivity index (χ0) is 66.2. The van der Waals surface area contributed by atoms with Gasteiger partial charge in [-0.05, 0) is 151 Å². The zero-order valence-electron chi connectivity index (χ0n) is 55.3. The van der Waals surface area contributed by atoms with Gasteiger partial charge in [-0.2, -0.15) is 10.5 Å². The number of ether oxygens (including phenoxy) is 2. The lowest BCUT2D eigenvalue weighted by Gasteiger charge is -2.25. The standard InChI is InChI=1S/C28H27N3O2.C27H27IN2O2.C27H25N3O2/c1-33-28(32)19-11-12-22-24(15-19)31-14-6-13-30-17-20(16-29)21-9-5-10-23(26(21)30)27(31)25(22)18-7-3-2-4-8-18;1-32-27(31)18-11-12-20-23(15-18)30-14-6-13-29-16-22(28)19-9-5-10-21(25(19)29)26(30)24(20)17-7-3-2-4-8-17;28-15-19-16-29-12-5-13-30-23-14-18(27(31)32)10-11-21(23)24(17-6-2-1-3-7-17)26(30)22-9-4-8-20(19)25(22)29/h5,9-12,15,17-18H,2-4,6-8,13-14H2,1H3;5,9-12,15-17H,2-4,6-8,13-14H2,1H3;4,8-11,14,16-17H,1-3,5-7,12-13H2,(H,31,32). The minimum absolute atomic E-state index is 0.266. The molecule has 0 bridgehead atoms. The maximum absolute atomic E-state index is 12.3. The number of fused-ring (bicyclic) bond motifs is 12. The first-order chi connectivity index (χ1) is 47.5. The van der Waals surface area contributed by atoms with Crippen molar-refractivity contribution in [3.8, 4) is 45.9 Å². The molecule has 3 aliphatic carbocycles. The number of carbonyl (C=O) groups excluding carboxylic acids is 2. The highest BCUT2D eigenvalue weighted by Gasteiger charge is 2.34. The smallest absolute Gasteiger partial charge is 0.337 e. The van der Waals surface area contributed by atoms with Crippen LogP contribution in [0, 0.1) is 26.2 Å². The molecule has 18 rings (SSSR count). The number of nitriles is 2. The lowest BCUT2D eigenvalue weighted by atomic mass is 9.81. The van der Waals surface area contributed by atoms with Gasteiger partial charge >= 0.3 is 17.9 Å². The molecule has 15 heteroatoms. The Balaban J connectivity index is 0.000000114. The van der Waals surface area contributed by atoms with E-state index in [1.54, 1.807) is 6.07 Å². The molecule has 0 spiro atoms. The van der Waals surface area contributed by atoms with Gasteiger partial charge in [0.15, 0.2) is 0 Å². The Bertz CT molecular complexity index is 5260. The first-order valence-electron chi connectivity index (χ1n) is 35.3. The van der Waals surface area contributed by atoms with Gasteiger partial charge < -0.3 is 42.0 Å². The van der Waals surface area contributed by atoms with Crippen molar-refractivity contribution in [1.29, 1.82) is 10.5 Å². The van der Waals surface area contributed by atoms with Gasteiger partial charge in [-0.3, -0.25) is 0 Å². The summed E-state index contributed by atoms with van der Waals surface area (Å²) in [5.74, 6) is 0.109. The first kappa shape index (κ1) is 62.5. The summed E-state index contributed by atoms with van der Waals surface area (Å²) in [4.78, 5) is 36.4. The number of aryl methyl sites for hydroxylation is 6. The molecule has 6 aromatic heterocycles. The number of para-hydroxylation sites is 3. The summed E-state index contributed by atoms with van der Waals surface area (Å²) in [6, 6.07) is 42.0. The van der Waals surface area contributed by atoms with Crippen LogP contribution < -0.4 is 0 Å². The highest BCUT2D eigenvalue weighted by Crippen LogP contribution is 2.51. The Morgan fingerprint density at radius 2 is 0.763 bits per heavy atom. The third kappa shape index (κ3) is 10.6. The predicted molar refractivity (Wildman–Crippen MR) is 392 cm³/mol. The van der Waals surface area contributed by atoms with E-state index in [1.807, 2.05) is 48.8 Å². The van der Waals surface area contributed by atoms with Crippen molar-refractivity contribution in [2.24, 2.45) is 0 Å². The van der Waals surface area contributed by atoms with Crippen molar-refractivity contribution in [1.82, 2.24) is 27.4 Å². The minimum atomic E-state index is -0.887. The molecule has 6 aromatic carbocycles. The Kier molecular flexibility index (Phi) is 16.7. The van der Waals surface area contributed by atoms with E-state index in [2.05, 4.69) is 135 Å². The number of rotatable bonds is 6. The molecule has 0 saturated heterocycles. The molecule has 6 aliphatic rings. The number of carboxylic acid groups (broad SMARTS) is 1. The molecule has 490 valence electrons. The maximum atomic E-state index is 12.3. The number of halogens is 1.